The van der Waals surface area contributed by atoms with Crippen LogP contribution in [0.5, 0.6) is 11.5 Å². The molecule has 1 aromatic heterocycles. The smallest absolute Gasteiger partial charge is 0.268 e. The van der Waals surface area contributed by atoms with E-state index in [-0.39, 0.29) is 23.7 Å². The lowest BCUT2D eigenvalue weighted by molar-refractivity contribution is 0.0945. The van der Waals surface area contributed by atoms with E-state index in [1.165, 1.54) is 12.1 Å². The van der Waals surface area contributed by atoms with Crippen molar-refractivity contribution in [2.75, 3.05) is 14.2 Å². The van der Waals surface area contributed by atoms with E-state index in [2.05, 4.69) is 10.3 Å². The van der Waals surface area contributed by atoms with Gasteiger partial charge in [0.2, 0.25) is 5.56 Å². The number of aromatic amines is 1. The first-order valence-corrected chi connectivity index (χ1v) is 6.32. The maximum absolute atomic E-state index is 12.0. The molecule has 0 bridgehead atoms. The average molecular weight is 288 g/mol. The molecule has 110 valence electrons. The van der Waals surface area contributed by atoms with E-state index < -0.39 is 0 Å². The third-order valence-electron chi connectivity index (χ3n) is 2.94. The lowest BCUT2D eigenvalue weighted by atomic mass is 10.2. The molecule has 0 unspecified atom stereocenters. The normalized spacial score (nSPS) is 10.0. The second-order valence-corrected chi connectivity index (χ2v) is 4.29. The molecule has 0 saturated carbocycles. The van der Waals surface area contributed by atoms with Crippen molar-refractivity contribution in [1.82, 2.24) is 10.3 Å². The molecule has 0 fully saturated rings. The number of aromatic nitrogens is 1. The Balaban J connectivity index is 2.12. The summed E-state index contributed by atoms with van der Waals surface area (Å²) in [4.78, 5) is 25.6. The third-order valence-corrected chi connectivity index (χ3v) is 2.94. The van der Waals surface area contributed by atoms with Gasteiger partial charge in [-0.1, -0.05) is 6.07 Å². The predicted octanol–water partition coefficient (Wildman–Crippen LogP) is 1.32. The fourth-order valence-corrected chi connectivity index (χ4v) is 1.87. The highest BCUT2D eigenvalue weighted by molar-refractivity contribution is 5.92. The fraction of sp³-hybridized carbons (Fsp3) is 0.200. The monoisotopic (exact) mass is 288 g/mol. The Hall–Kier alpha value is -2.76. The molecular formula is C15H16N2O4. The number of methoxy groups -OCH3 is 2. The van der Waals surface area contributed by atoms with Crippen LogP contribution in [0.3, 0.4) is 0 Å². The van der Waals surface area contributed by atoms with E-state index in [9.17, 15) is 9.59 Å². The molecule has 2 aromatic rings. The maximum Gasteiger partial charge on any atom is 0.268 e. The molecule has 1 heterocycles. The molecule has 0 atom stereocenters. The van der Waals surface area contributed by atoms with Crippen LogP contribution < -0.4 is 20.3 Å². The summed E-state index contributed by atoms with van der Waals surface area (Å²) in [6, 6.07) is 9.75. The number of ether oxygens (including phenoxy) is 2. The summed E-state index contributed by atoms with van der Waals surface area (Å²) in [7, 11) is 3.13. The number of benzene rings is 1. The van der Waals surface area contributed by atoms with Gasteiger partial charge in [-0.15, -0.1) is 0 Å². The van der Waals surface area contributed by atoms with Crippen LogP contribution in [0.15, 0.2) is 41.2 Å². The van der Waals surface area contributed by atoms with Gasteiger partial charge in [-0.2, -0.15) is 0 Å². The molecule has 1 amide bonds. The number of pyridine rings is 1. The molecule has 0 aliphatic heterocycles. The molecule has 1 aromatic carbocycles. The van der Waals surface area contributed by atoms with Crippen molar-refractivity contribution in [2.45, 2.75) is 6.54 Å². The fourth-order valence-electron chi connectivity index (χ4n) is 1.87. The number of amides is 1. The summed E-state index contributed by atoms with van der Waals surface area (Å²) < 4.78 is 10.4. The van der Waals surface area contributed by atoms with Crippen molar-refractivity contribution >= 4 is 5.91 Å². The Morgan fingerprint density at radius 1 is 1.19 bits per heavy atom. The van der Waals surface area contributed by atoms with Gasteiger partial charge in [0.25, 0.3) is 5.91 Å². The van der Waals surface area contributed by atoms with Crippen LogP contribution >= 0.6 is 0 Å². The minimum atomic E-state index is -0.363. The van der Waals surface area contributed by atoms with Gasteiger partial charge in [0.05, 0.1) is 14.2 Å². The standard InChI is InChI=1S/C15H16N2O4/c1-20-11-6-7-13(21-2)10(8-11)9-16-15(19)12-4-3-5-14(18)17-12/h3-8H,9H2,1-2H3,(H,16,19)(H,17,18). The summed E-state index contributed by atoms with van der Waals surface area (Å²) in [6.07, 6.45) is 0. The zero-order valence-corrected chi connectivity index (χ0v) is 11.8. The highest BCUT2D eigenvalue weighted by Gasteiger charge is 2.09. The maximum atomic E-state index is 12.0. The number of carbonyl (C=O) groups is 1. The quantitative estimate of drug-likeness (QED) is 0.869. The molecule has 2 rings (SSSR count). The number of nitrogens with one attached hydrogen (secondary N) is 2. The van der Waals surface area contributed by atoms with Crippen molar-refractivity contribution in [3.8, 4) is 11.5 Å². The molecule has 2 N–H and O–H groups in total. The molecule has 0 aliphatic rings. The Kier molecular flexibility index (Phi) is 4.61. The van der Waals surface area contributed by atoms with Crippen LogP contribution in [-0.4, -0.2) is 25.1 Å². The number of hydrogen-bond acceptors (Lipinski definition) is 4. The topological polar surface area (TPSA) is 80.4 Å². The molecule has 6 heteroatoms. The van der Waals surface area contributed by atoms with Crippen molar-refractivity contribution < 1.29 is 14.3 Å². The molecule has 6 nitrogen and oxygen atoms in total. The van der Waals surface area contributed by atoms with Gasteiger partial charge in [-0.3, -0.25) is 9.59 Å². The highest BCUT2D eigenvalue weighted by Crippen LogP contribution is 2.23. The van der Waals surface area contributed by atoms with Gasteiger partial charge < -0.3 is 19.8 Å². The van der Waals surface area contributed by atoms with Crippen LogP contribution in [0.2, 0.25) is 0 Å². The SMILES string of the molecule is COc1ccc(OC)c(CNC(=O)c2cccc(=O)[nH]2)c1. The Morgan fingerprint density at radius 2 is 2.00 bits per heavy atom. The first kappa shape index (κ1) is 14.6. The number of carbonyl (C=O) groups excluding carboxylic acids is 1. The second kappa shape index (κ2) is 6.60. The summed E-state index contributed by atoms with van der Waals surface area (Å²) in [5.41, 5.74) is 0.675. The van der Waals surface area contributed by atoms with Crippen molar-refractivity contribution in [1.29, 1.82) is 0 Å². The summed E-state index contributed by atoms with van der Waals surface area (Å²) in [5.74, 6) is 0.961. The van der Waals surface area contributed by atoms with E-state index in [0.29, 0.717) is 11.5 Å². The van der Waals surface area contributed by atoms with Gasteiger partial charge in [0.15, 0.2) is 0 Å². The lowest BCUT2D eigenvalue weighted by Gasteiger charge is -2.11. The van der Waals surface area contributed by atoms with Gasteiger partial charge in [0, 0.05) is 18.2 Å². The molecule has 21 heavy (non-hydrogen) atoms. The summed E-state index contributed by atoms with van der Waals surface area (Å²) in [5, 5.41) is 2.72. The van der Waals surface area contributed by atoms with Crippen molar-refractivity contribution in [3.63, 3.8) is 0 Å². The minimum Gasteiger partial charge on any atom is -0.497 e. The van der Waals surface area contributed by atoms with E-state index in [0.717, 1.165) is 5.56 Å². The largest absolute Gasteiger partial charge is 0.497 e. The third kappa shape index (κ3) is 3.62. The van der Waals surface area contributed by atoms with Crippen LogP contribution in [-0.2, 0) is 6.54 Å². The molecular weight excluding hydrogens is 272 g/mol. The van der Waals surface area contributed by atoms with E-state index in [1.54, 1.807) is 38.5 Å². The molecule has 0 aliphatic carbocycles. The van der Waals surface area contributed by atoms with E-state index in [4.69, 9.17) is 9.47 Å². The minimum absolute atomic E-state index is 0.212. The Labute approximate surface area is 121 Å². The molecule has 0 spiro atoms. The number of rotatable bonds is 5. The van der Waals surface area contributed by atoms with Gasteiger partial charge in [-0.25, -0.2) is 0 Å². The lowest BCUT2D eigenvalue weighted by Crippen LogP contribution is -2.25. The zero-order valence-electron chi connectivity index (χ0n) is 11.8. The number of hydrogen-bond donors (Lipinski definition) is 2. The second-order valence-electron chi connectivity index (χ2n) is 4.29. The van der Waals surface area contributed by atoms with E-state index in [1.807, 2.05) is 0 Å². The van der Waals surface area contributed by atoms with Crippen molar-refractivity contribution in [2.24, 2.45) is 0 Å². The predicted molar refractivity (Wildman–Crippen MR) is 77.8 cm³/mol. The molecule has 0 radical (unpaired) electrons. The van der Waals surface area contributed by atoms with Gasteiger partial charge in [-0.05, 0) is 24.3 Å². The van der Waals surface area contributed by atoms with Crippen LogP contribution in [0.1, 0.15) is 16.1 Å². The number of H-pyrrole nitrogens is 1. The first-order chi connectivity index (χ1) is 10.1. The van der Waals surface area contributed by atoms with E-state index >= 15 is 0 Å². The van der Waals surface area contributed by atoms with Crippen molar-refractivity contribution in [3.05, 3.63) is 58.0 Å². The summed E-state index contributed by atoms with van der Waals surface area (Å²) in [6.45, 7) is 0.260. The van der Waals surface area contributed by atoms with Gasteiger partial charge >= 0.3 is 0 Å². The Morgan fingerprint density at radius 3 is 2.67 bits per heavy atom. The molecule has 0 saturated heterocycles. The Bertz CT molecular complexity index is 694. The highest BCUT2D eigenvalue weighted by atomic mass is 16.5. The van der Waals surface area contributed by atoms with Crippen LogP contribution in [0, 0.1) is 0 Å². The first-order valence-electron chi connectivity index (χ1n) is 6.32. The van der Waals surface area contributed by atoms with Crippen LogP contribution in [0.25, 0.3) is 0 Å². The average Bonchev–Trinajstić information content (AvgIpc) is 2.52. The zero-order chi connectivity index (χ0) is 15.2. The summed E-state index contributed by atoms with van der Waals surface area (Å²) >= 11 is 0. The van der Waals surface area contributed by atoms with Gasteiger partial charge in [0.1, 0.15) is 17.2 Å². The van der Waals surface area contributed by atoms with Crippen LogP contribution in [0.4, 0.5) is 0 Å².